The second-order valence-corrected chi connectivity index (χ2v) is 6.23. The molecule has 0 radical (unpaired) electrons. The smallest absolute Gasteiger partial charge is 0.269 e. The van der Waals surface area contributed by atoms with Gasteiger partial charge in [0.2, 0.25) is 0 Å². The first-order valence-corrected chi connectivity index (χ1v) is 8.22. The summed E-state index contributed by atoms with van der Waals surface area (Å²) in [5, 5.41) is 40.2. The fourth-order valence-electron chi connectivity index (χ4n) is 2.31. The molecule has 0 aromatic heterocycles. The standard InChI is InChI=1S/C16H16N2O6S/c19-7-5-11-9-13(17(21)22)1-3-15(11)25-16-4-2-14(18(23)24)10-12(16)6-8-20/h1-4,9-10,19-20H,5-8H2. The fraction of sp³-hybridized carbons (Fsp3) is 0.250. The number of aliphatic hydroxyl groups is 2. The van der Waals surface area contributed by atoms with Gasteiger partial charge in [-0.05, 0) is 36.1 Å². The maximum absolute atomic E-state index is 10.9. The molecule has 132 valence electrons. The minimum Gasteiger partial charge on any atom is -0.396 e. The number of nitrogens with zero attached hydrogens (tertiary/aromatic N) is 2. The Hall–Kier alpha value is -2.49. The summed E-state index contributed by atoms with van der Waals surface area (Å²) in [6.45, 7) is -0.309. The van der Waals surface area contributed by atoms with Crippen molar-refractivity contribution in [1.29, 1.82) is 0 Å². The highest BCUT2D eigenvalue weighted by molar-refractivity contribution is 7.99. The molecule has 0 bridgehead atoms. The molecular formula is C16H16N2O6S. The first-order chi connectivity index (χ1) is 12.0. The lowest BCUT2D eigenvalue weighted by molar-refractivity contribution is -0.385. The second-order valence-electron chi connectivity index (χ2n) is 5.15. The Morgan fingerprint density at radius 3 is 1.52 bits per heavy atom. The van der Waals surface area contributed by atoms with Crippen LogP contribution < -0.4 is 0 Å². The van der Waals surface area contributed by atoms with E-state index in [0.717, 1.165) is 0 Å². The van der Waals surface area contributed by atoms with E-state index < -0.39 is 9.85 Å². The van der Waals surface area contributed by atoms with Crippen LogP contribution in [0.3, 0.4) is 0 Å². The van der Waals surface area contributed by atoms with E-state index in [2.05, 4.69) is 0 Å². The van der Waals surface area contributed by atoms with E-state index in [0.29, 0.717) is 20.9 Å². The highest BCUT2D eigenvalue weighted by Crippen LogP contribution is 2.36. The largest absolute Gasteiger partial charge is 0.396 e. The summed E-state index contributed by atoms with van der Waals surface area (Å²) in [7, 11) is 0. The Morgan fingerprint density at radius 1 is 0.800 bits per heavy atom. The number of aliphatic hydroxyl groups excluding tert-OH is 2. The number of rotatable bonds is 8. The van der Waals surface area contributed by atoms with Crippen molar-refractivity contribution in [2.75, 3.05) is 13.2 Å². The van der Waals surface area contributed by atoms with Gasteiger partial charge in [-0.3, -0.25) is 20.2 Å². The van der Waals surface area contributed by atoms with Crippen molar-refractivity contribution in [2.24, 2.45) is 0 Å². The molecule has 0 spiro atoms. The molecule has 0 amide bonds. The molecule has 0 aliphatic rings. The number of benzene rings is 2. The molecule has 2 aromatic rings. The molecule has 9 heteroatoms. The summed E-state index contributed by atoms with van der Waals surface area (Å²) < 4.78 is 0. The number of non-ortho nitro benzene ring substituents is 2. The number of nitro benzene ring substituents is 2. The van der Waals surface area contributed by atoms with Crippen LogP contribution >= 0.6 is 11.8 Å². The van der Waals surface area contributed by atoms with Crippen molar-refractivity contribution >= 4 is 23.1 Å². The van der Waals surface area contributed by atoms with Crippen LogP contribution in [0, 0.1) is 20.2 Å². The summed E-state index contributed by atoms with van der Waals surface area (Å²) in [5.74, 6) is 0. The maximum atomic E-state index is 10.9. The molecule has 0 saturated carbocycles. The Kier molecular flexibility index (Phi) is 6.45. The van der Waals surface area contributed by atoms with Crippen molar-refractivity contribution in [1.82, 2.24) is 0 Å². The number of hydrogen-bond donors (Lipinski definition) is 2. The van der Waals surface area contributed by atoms with Crippen molar-refractivity contribution in [2.45, 2.75) is 22.6 Å². The minimum absolute atomic E-state index is 0.0629. The van der Waals surface area contributed by atoms with Gasteiger partial charge in [-0.2, -0.15) is 0 Å². The quantitative estimate of drug-likeness (QED) is 0.544. The zero-order valence-electron chi connectivity index (χ0n) is 13.1. The van der Waals surface area contributed by atoms with Crippen molar-refractivity contribution in [3.05, 3.63) is 67.8 Å². The Morgan fingerprint density at radius 2 is 1.20 bits per heavy atom. The highest BCUT2D eigenvalue weighted by Gasteiger charge is 2.15. The average molecular weight is 364 g/mol. The van der Waals surface area contributed by atoms with Gasteiger partial charge >= 0.3 is 0 Å². The number of hydrogen-bond acceptors (Lipinski definition) is 7. The molecule has 0 aliphatic heterocycles. The van der Waals surface area contributed by atoms with Crippen LogP contribution in [0.25, 0.3) is 0 Å². The fourth-order valence-corrected chi connectivity index (χ4v) is 3.40. The molecule has 2 rings (SSSR count). The third-order valence-corrected chi connectivity index (χ3v) is 4.73. The second kappa shape index (κ2) is 8.56. The first kappa shape index (κ1) is 18.8. The molecule has 0 saturated heterocycles. The molecule has 2 aromatic carbocycles. The third kappa shape index (κ3) is 4.75. The van der Waals surface area contributed by atoms with Gasteiger partial charge in [0.05, 0.1) is 9.85 Å². The summed E-state index contributed by atoms with van der Waals surface area (Å²) in [5.41, 5.74) is 1.11. The van der Waals surface area contributed by atoms with E-state index in [1.165, 1.54) is 36.0 Å². The molecular weight excluding hydrogens is 348 g/mol. The Labute approximate surface area is 147 Å². The molecule has 2 N–H and O–H groups in total. The van der Waals surface area contributed by atoms with E-state index in [4.69, 9.17) is 0 Å². The van der Waals surface area contributed by atoms with Crippen LogP contribution in [0.4, 0.5) is 11.4 Å². The van der Waals surface area contributed by atoms with E-state index in [1.54, 1.807) is 12.1 Å². The molecule has 0 heterocycles. The van der Waals surface area contributed by atoms with E-state index in [-0.39, 0.29) is 37.4 Å². The Balaban J connectivity index is 2.41. The van der Waals surface area contributed by atoms with E-state index in [1.807, 2.05) is 0 Å². The molecule has 25 heavy (non-hydrogen) atoms. The van der Waals surface area contributed by atoms with Crippen LogP contribution in [0.15, 0.2) is 46.2 Å². The lowest BCUT2D eigenvalue weighted by atomic mass is 10.1. The predicted molar refractivity (Wildman–Crippen MR) is 91.9 cm³/mol. The first-order valence-electron chi connectivity index (χ1n) is 7.40. The van der Waals surface area contributed by atoms with Crippen molar-refractivity contribution in [3.63, 3.8) is 0 Å². The van der Waals surface area contributed by atoms with Gasteiger partial charge in [0.15, 0.2) is 0 Å². The van der Waals surface area contributed by atoms with Gasteiger partial charge in [0.1, 0.15) is 0 Å². The van der Waals surface area contributed by atoms with Crippen LogP contribution in [0.1, 0.15) is 11.1 Å². The summed E-state index contributed by atoms with van der Waals surface area (Å²) >= 11 is 1.29. The lowest BCUT2D eigenvalue weighted by Gasteiger charge is -2.11. The summed E-state index contributed by atoms with van der Waals surface area (Å²) in [6, 6.07) is 8.77. The molecule has 0 unspecified atom stereocenters. The predicted octanol–water partition coefficient (Wildman–Crippen LogP) is 2.72. The Bertz CT molecular complexity index is 731. The van der Waals surface area contributed by atoms with Crippen LogP contribution in [-0.2, 0) is 12.8 Å². The van der Waals surface area contributed by atoms with Crippen molar-refractivity contribution < 1.29 is 20.1 Å². The highest BCUT2D eigenvalue weighted by atomic mass is 32.2. The van der Waals surface area contributed by atoms with E-state index in [9.17, 15) is 30.4 Å². The molecule has 8 nitrogen and oxygen atoms in total. The molecule has 0 atom stereocenters. The van der Waals surface area contributed by atoms with Gasteiger partial charge in [0.25, 0.3) is 11.4 Å². The van der Waals surface area contributed by atoms with Gasteiger partial charge in [0, 0.05) is 47.3 Å². The van der Waals surface area contributed by atoms with Gasteiger partial charge in [-0.15, -0.1) is 0 Å². The molecule has 0 fully saturated rings. The van der Waals surface area contributed by atoms with Crippen LogP contribution in [0.2, 0.25) is 0 Å². The monoisotopic (exact) mass is 364 g/mol. The number of nitro groups is 2. The van der Waals surface area contributed by atoms with Crippen LogP contribution in [0.5, 0.6) is 0 Å². The lowest BCUT2D eigenvalue weighted by Crippen LogP contribution is -1.99. The average Bonchev–Trinajstić information content (AvgIpc) is 2.58. The maximum Gasteiger partial charge on any atom is 0.269 e. The topological polar surface area (TPSA) is 127 Å². The zero-order chi connectivity index (χ0) is 18.4. The SMILES string of the molecule is O=[N+]([O-])c1ccc(Sc2ccc([N+](=O)[O-])cc2CCO)c(CCO)c1. The van der Waals surface area contributed by atoms with Gasteiger partial charge in [-0.25, -0.2) is 0 Å². The summed E-state index contributed by atoms with van der Waals surface area (Å²) in [4.78, 5) is 22.3. The summed E-state index contributed by atoms with van der Waals surface area (Å²) in [6.07, 6.45) is 0.513. The van der Waals surface area contributed by atoms with E-state index >= 15 is 0 Å². The third-order valence-electron chi connectivity index (χ3n) is 3.49. The minimum atomic E-state index is -0.502. The molecule has 0 aliphatic carbocycles. The van der Waals surface area contributed by atoms with Crippen molar-refractivity contribution in [3.8, 4) is 0 Å². The normalized spacial score (nSPS) is 10.6. The van der Waals surface area contributed by atoms with Crippen LogP contribution in [-0.4, -0.2) is 33.3 Å². The van der Waals surface area contributed by atoms with Gasteiger partial charge in [-0.1, -0.05) is 11.8 Å². The zero-order valence-corrected chi connectivity index (χ0v) is 13.9. The van der Waals surface area contributed by atoms with Gasteiger partial charge < -0.3 is 10.2 Å².